The fourth-order valence-corrected chi connectivity index (χ4v) is 3.04. The van der Waals surface area contributed by atoms with Gasteiger partial charge in [0.15, 0.2) is 5.82 Å². The summed E-state index contributed by atoms with van der Waals surface area (Å²) < 4.78 is 13.4. The molecule has 0 spiro atoms. The Bertz CT molecular complexity index is 949. The highest BCUT2D eigenvalue weighted by Crippen LogP contribution is 2.25. The number of hydrogen-bond donors (Lipinski definition) is 2. The van der Waals surface area contributed by atoms with E-state index in [1.54, 1.807) is 12.3 Å². The van der Waals surface area contributed by atoms with Gasteiger partial charge in [-0.1, -0.05) is 25.4 Å². The van der Waals surface area contributed by atoms with E-state index in [2.05, 4.69) is 56.2 Å². The average Bonchev–Trinajstić information content (AvgIpc) is 2.69. The Balaban J connectivity index is 1.84. The van der Waals surface area contributed by atoms with Crippen LogP contribution < -0.4 is 10.6 Å². The summed E-state index contributed by atoms with van der Waals surface area (Å²) in [5, 5.41) is 6.47. The summed E-state index contributed by atoms with van der Waals surface area (Å²) in [5.74, 6) is 0.521. The average molecular weight is 404 g/mol. The summed E-state index contributed by atoms with van der Waals surface area (Å²) in [6.45, 7) is 9.23. The summed E-state index contributed by atoms with van der Waals surface area (Å²) in [6, 6.07) is 4.55. The molecule has 0 radical (unpaired) electrons. The molecule has 1 atom stereocenters. The monoisotopic (exact) mass is 403 g/mol. The van der Waals surface area contributed by atoms with Gasteiger partial charge in [-0.2, -0.15) is 0 Å². The van der Waals surface area contributed by atoms with Gasteiger partial charge >= 0.3 is 0 Å². The second kappa shape index (κ2) is 9.07. The highest BCUT2D eigenvalue weighted by atomic mass is 35.5. The van der Waals surface area contributed by atoms with Gasteiger partial charge in [-0.05, 0) is 38.2 Å². The fraction of sp³-hybridized carbons (Fsp3) is 0.368. The molecule has 0 amide bonds. The van der Waals surface area contributed by atoms with E-state index in [4.69, 9.17) is 11.6 Å². The highest BCUT2D eigenvalue weighted by Gasteiger charge is 2.12. The number of aromatic nitrogens is 4. The summed E-state index contributed by atoms with van der Waals surface area (Å²) in [5.41, 5.74) is 1.78. The van der Waals surface area contributed by atoms with Crippen molar-refractivity contribution in [2.75, 3.05) is 30.3 Å². The lowest BCUT2D eigenvalue weighted by molar-refractivity contribution is 0.294. The van der Waals surface area contributed by atoms with Gasteiger partial charge in [0.25, 0.3) is 0 Å². The number of anilines is 3. The van der Waals surface area contributed by atoms with Gasteiger partial charge in [-0.25, -0.2) is 24.3 Å². The molecular formula is C19H23ClFN7. The van der Waals surface area contributed by atoms with Crippen molar-refractivity contribution in [3.05, 3.63) is 41.6 Å². The molecule has 0 aliphatic heterocycles. The van der Waals surface area contributed by atoms with Crippen LogP contribution in [0.15, 0.2) is 30.7 Å². The zero-order chi connectivity index (χ0) is 20.1. The van der Waals surface area contributed by atoms with Crippen molar-refractivity contribution in [1.29, 1.82) is 0 Å². The number of fused-ring (bicyclic) bond motifs is 1. The second-order valence-electron chi connectivity index (χ2n) is 6.43. The van der Waals surface area contributed by atoms with Crippen molar-refractivity contribution in [2.45, 2.75) is 26.8 Å². The second-order valence-corrected chi connectivity index (χ2v) is 6.84. The maximum absolute atomic E-state index is 13.4. The first-order valence-electron chi connectivity index (χ1n) is 9.18. The molecule has 2 N–H and O–H groups in total. The first-order valence-corrected chi connectivity index (χ1v) is 9.56. The Labute approximate surface area is 168 Å². The minimum Gasteiger partial charge on any atom is -0.350 e. The molecule has 9 heteroatoms. The number of benzene rings is 1. The molecule has 0 bridgehead atoms. The quantitative estimate of drug-likeness (QED) is 0.586. The molecule has 2 aromatic heterocycles. The lowest BCUT2D eigenvalue weighted by atomic mass is 10.3. The number of rotatable bonds is 8. The smallest absolute Gasteiger partial charge is 0.223 e. The predicted octanol–water partition coefficient (Wildman–Crippen LogP) is 4.10. The zero-order valence-electron chi connectivity index (χ0n) is 16.1. The molecular weight excluding hydrogens is 381 g/mol. The Morgan fingerprint density at radius 1 is 1.18 bits per heavy atom. The van der Waals surface area contributed by atoms with Gasteiger partial charge in [0, 0.05) is 18.3 Å². The van der Waals surface area contributed by atoms with Crippen molar-refractivity contribution in [3.8, 4) is 0 Å². The van der Waals surface area contributed by atoms with Crippen molar-refractivity contribution >= 4 is 40.1 Å². The van der Waals surface area contributed by atoms with Gasteiger partial charge < -0.3 is 15.5 Å². The van der Waals surface area contributed by atoms with E-state index in [0.717, 1.165) is 19.6 Å². The molecule has 3 rings (SSSR count). The van der Waals surface area contributed by atoms with Crippen LogP contribution in [-0.4, -0.2) is 50.5 Å². The fourth-order valence-electron chi connectivity index (χ4n) is 2.86. The minimum atomic E-state index is -0.476. The van der Waals surface area contributed by atoms with Crippen molar-refractivity contribution in [3.63, 3.8) is 0 Å². The van der Waals surface area contributed by atoms with Gasteiger partial charge in [0.05, 0.1) is 11.2 Å². The molecule has 148 valence electrons. The van der Waals surface area contributed by atoms with E-state index in [-0.39, 0.29) is 11.1 Å². The van der Waals surface area contributed by atoms with Crippen LogP contribution in [0.5, 0.6) is 0 Å². The third-order valence-corrected chi connectivity index (χ3v) is 4.65. The van der Waals surface area contributed by atoms with Crippen LogP contribution >= 0.6 is 11.6 Å². The van der Waals surface area contributed by atoms with Crippen LogP contribution in [-0.2, 0) is 0 Å². The Morgan fingerprint density at radius 3 is 2.68 bits per heavy atom. The SMILES string of the molecule is CCN(CC)CC(C)Nc1ncc2ncnc(Nc3ccc(F)c(Cl)c3)c2n1. The van der Waals surface area contributed by atoms with Crippen molar-refractivity contribution < 1.29 is 4.39 Å². The largest absolute Gasteiger partial charge is 0.350 e. The molecule has 2 heterocycles. The summed E-state index contributed by atoms with van der Waals surface area (Å²) in [4.78, 5) is 19.7. The van der Waals surface area contributed by atoms with Gasteiger partial charge in [-0.15, -0.1) is 0 Å². The lowest BCUT2D eigenvalue weighted by Gasteiger charge is -2.23. The normalized spacial score (nSPS) is 12.4. The van der Waals surface area contributed by atoms with Crippen LogP contribution in [0.25, 0.3) is 11.0 Å². The molecule has 0 fully saturated rings. The van der Waals surface area contributed by atoms with Gasteiger partial charge in [-0.3, -0.25) is 0 Å². The molecule has 0 saturated carbocycles. The molecule has 3 aromatic rings. The number of likely N-dealkylation sites (N-methyl/N-ethyl adjacent to an activating group) is 1. The third-order valence-electron chi connectivity index (χ3n) is 4.36. The van der Waals surface area contributed by atoms with E-state index in [0.29, 0.717) is 28.5 Å². The Kier molecular flexibility index (Phi) is 6.53. The Hall–Kier alpha value is -2.58. The summed E-state index contributed by atoms with van der Waals surface area (Å²) in [6.07, 6.45) is 3.08. The molecule has 0 aliphatic carbocycles. The van der Waals surface area contributed by atoms with Gasteiger partial charge in [0.2, 0.25) is 5.95 Å². The van der Waals surface area contributed by atoms with E-state index in [9.17, 15) is 4.39 Å². The van der Waals surface area contributed by atoms with E-state index < -0.39 is 5.82 Å². The number of halogens is 2. The molecule has 0 aliphatic rings. The van der Waals surface area contributed by atoms with Gasteiger partial charge in [0.1, 0.15) is 23.2 Å². The van der Waals surface area contributed by atoms with Crippen LogP contribution in [0.1, 0.15) is 20.8 Å². The van der Waals surface area contributed by atoms with E-state index >= 15 is 0 Å². The maximum atomic E-state index is 13.4. The molecule has 7 nitrogen and oxygen atoms in total. The van der Waals surface area contributed by atoms with Crippen LogP contribution in [0.3, 0.4) is 0 Å². The van der Waals surface area contributed by atoms with Crippen LogP contribution in [0.4, 0.5) is 21.8 Å². The molecule has 0 saturated heterocycles. The van der Waals surface area contributed by atoms with Crippen LogP contribution in [0.2, 0.25) is 5.02 Å². The zero-order valence-corrected chi connectivity index (χ0v) is 16.8. The van der Waals surface area contributed by atoms with E-state index in [1.165, 1.54) is 18.5 Å². The highest BCUT2D eigenvalue weighted by molar-refractivity contribution is 6.31. The predicted molar refractivity (Wildman–Crippen MR) is 111 cm³/mol. The standard InChI is InChI=1S/C19H23ClFN7/c1-4-28(5-2)10-12(3)25-19-22-9-16-17(27-19)18(24-11-23-16)26-13-6-7-15(21)14(20)8-13/h6-9,11-12H,4-5,10H2,1-3H3,(H,22,25,27)(H,23,24,26). The maximum Gasteiger partial charge on any atom is 0.223 e. The summed E-state index contributed by atoms with van der Waals surface area (Å²) in [7, 11) is 0. The molecule has 28 heavy (non-hydrogen) atoms. The first-order chi connectivity index (χ1) is 13.5. The number of nitrogens with zero attached hydrogens (tertiary/aromatic N) is 5. The molecule has 1 aromatic carbocycles. The minimum absolute atomic E-state index is 0.0329. The van der Waals surface area contributed by atoms with Crippen molar-refractivity contribution in [1.82, 2.24) is 24.8 Å². The molecule has 1 unspecified atom stereocenters. The number of nitrogens with one attached hydrogen (secondary N) is 2. The van der Waals surface area contributed by atoms with Crippen LogP contribution in [0, 0.1) is 5.82 Å². The summed E-state index contributed by atoms with van der Waals surface area (Å²) >= 11 is 5.86. The Morgan fingerprint density at radius 2 is 1.96 bits per heavy atom. The topological polar surface area (TPSA) is 78.9 Å². The third kappa shape index (κ3) is 4.82. The number of hydrogen-bond acceptors (Lipinski definition) is 7. The van der Waals surface area contributed by atoms with Crippen molar-refractivity contribution in [2.24, 2.45) is 0 Å². The first kappa shape index (κ1) is 20.2. The van der Waals surface area contributed by atoms with E-state index in [1.807, 2.05) is 0 Å². The lowest BCUT2D eigenvalue weighted by Crippen LogP contribution is -2.35.